The molecule has 0 spiro atoms. The lowest BCUT2D eigenvalue weighted by Gasteiger charge is -2.32. The Bertz CT molecular complexity index is 988. The van der Waals surface area contributed by atoms with Gasteiger partial charge in [0.15, 0.2) is 0 Å². The monoisotopic (exact) mass is 403 g/mol. The standard InChI is InChI=1S/C25H29N3O2/c29-24(12-10-19-6-2-1-3-7-19)27-21-14-16-28(17-15-21)25(30)13-11-20-18-26-23-9-5-4-8-22(20)23/h1-9,18,21,26H,10-17H2,(H,27,29). The zero-order chi connectivity index (χ0) is 20.8. The second-order valence-corrected chi connectivity index (χ2v) is 8.07. The molecular weight excluding hydrogens is 374 g/mol. The summed E-state index contributed by atoms with van der Waals surface area (Å²) in [6.45, 7) is 1.44. The first-order valence-electron chi connectivity index (χ1n) is 10.8. The quantitative estimate of drug-likeness (QED) is 0.629. The van der Waals surface area contributed by atoms with Gasteiger partial charge in [-0.3, -0.25) is 9.59 Å². The number of nitrogens with zero attached hydrogens (tertiary/aromatic N) is 1. The van der Waals surface area contributed by atoms with E-state index in [4.69, 9.17) is 0 Å². The van der Waals surface area contributed by atoms with Gasteiger partial charge < -0.3 is 15.2 Å². The molecule has 156 valence electrons. The van der Waals surface area contributed by atoms with Gasteiger partial charge in [-0.25, -0.2) is 0 Å². The summed E-state index contributed by atoms with van der Waals surface area (Å²) in [7, 11) is 0. The predicted molar refractivity (Wildman–Crippen MR) is 119 cm³/mol. The third-order valence-electron chi connectivity index (χ3n) is 5.98. The summed E-state index contributed by atoms with van der Waals surface area (Å²) >= 11 is 0. The smallest absolute Gasteiger partial charge is 0.222 e. The van der Waals surface area contributed by atoms with E-state index >= 15 is 0 Å². The van der Waals surface area contributed by atoms with E-state index in [0.717, 1.165) is 44.3 Å². The molecule has 0 aliphatic carbocycles. The van der Waals surface area contributed by atoms with Crippen molar-refractivity contribution in [2.45, 2.75) is 44.6 Å². The van der Waals surface area contributed by atoms with Crippen LogP contribution in [0.3, 0.4) is 0 Å². The van der Waals surface area contributed by atoms with Gasteiger partial charge >= 0.3 is 0 Å². The Kier molecular flexibility index (Phi) is 6.47. The van der Waals surface area contributed by atoms with Gasteiger partial charge in [0.2, 0.25) is 11.8 Å². The largest absolute Gasteiger partial charge is 0.361 e. The van der Waals surface area contributed by atoms with Crippen LogP contribution in [0.5, 0.6) is 0 Å². The minimum atomic E-state index is 0.1000. The van der Waals surface area contributed by atoms with Crippen molar-refractivity contribution < 1.29 is 9.59 Å². The van der Waals surface area contributed by atoms with Gasteiger partial charge in [0, 0.05) is 49.1 Å². The molecule has 0 bridgehead atoms. The molecule has 0 unspecified atom stereocenters. The molecule has 2 N–H and O–H groups in total. The molecule has 0 saturated carbocycles. The second-order valence-electron chi connectivity index (χ2n) is 8.07. The highest BCUT2D eigenvalue weighted by Crippen LogP contribution is 2.20. The molecule has 1 aliphatic rings. The fraction of sp³-hybridized carbons (Fsp3) is 0.360. The number of likely N-dealkylation sites (tertiary alicyclic amines) is 1. The minimum Gasteiger partial charge on any atom is -0.361 e. The fourth-order valence-electron chi connectivity index (χ4n) is 4.21. The molecule has 2 aromatic carbocycles. The molecule has 2 amide bonds. The third kappa shape index (κ3) is 5.09. The van der Waals surface area contributed by atoms with Gasteiger partial charge in [0.1, 0.15) is 0 Å². The minimum absolute atomic E-state index is 0.1000. The van der Waals surface area contributed by atoms with Crippen molar-refractivity contribution in [2.75, 3.05) is 13.1 Å². The maximum atomic E-state index is 12.6. The maximum absolute atomic E-state index is 12.6. The van der Waals surface area contributed by atoms with E-state index in [1.54, 1.807) is 0 Å². The number of fused-ring (bicyclic) bond motifs is 1. The zero-order valence-corrected chi connectivity index (χ0v) is 17.3. The summed E-state index contributed by atoms with van der Waals surface area (Å²) in [5, 5.41) is 4.34. The molecule has 0 atom stereocenters. The van der Waals surface area contributed by atoms with E-state index in [1.165, 1.54) is 16.5 Å². The predicted octanol–water partition coefficient (Wildman–Crippen LogP) is 3.84. The number of piperidine rings is 1. The average Bonchev–Trinajstić information content (AvgIpc) is 3.20. The fourth-order valence-corrected chi connectivity index (χ4v) is 4.21. The van der Waals surface area contributed by atoms with Gasteiger partial charge in [-0.1, -0.05) is 48.5 Å². The molecule has 1 saturated heterocycles. The number of aryl methyl sites for hydroxylation is 2. The molecule has 1 aromatic heterocycles. The van der Waals surface area contributed by atoms with Crippen LogP contribution in [0.1, 0.15) is 36.8 Å². The lowest BCUT2D eigenvalue weighted by molar-refractivity contribution is -0.132. The Hall–Kier alpha value is -3.08. The van der Waals surface area contributed by atoms with Crippen LogP contribution in [0.2, 0.25) is 0 Å². The van der Waals surface area contributed by atoms with Crippen LogP contribution in [-0.2, 0) is 22.4 Å². The molecule has 1 fully saturated rings. The van der Waals surface area contributed by atoms with Crippen LogP contribution < -0.4 is 5.32 Å². The SMILES string of the molecule is O=C(CCc1ccccc1)NC1CCN(C(=O)CCc2c[nH]c3ccccc23)CC1. The van der Waals surface area contributed by atoms with Gasteiger partial charge in [-0.2, -0.15) is 0 Å². The molecule has 2 heterocycles. The van der Waals surface area contributed by atoms with Gasteiger partial charge in [-0.15, -0.1) is 0 Å². The molecular formula is C25H29N3O2. The topological polar surface area (TPSA) is 65.2 Å². The van der Waals surface area contributed by atoms with Gasteiger partial charge in [-0.05, 0) is 42.9 Å². The van der Waals surface area contributed by atoms with Crippen LogP contribution >= 0.6 is 0 Å². The summed E-state index contributed by atoms with van der Waals surface area (Å²) in [5.74, 6) is 0.303. The molecule has 4 rings (SSSR count). The first-order chi connectivity index (χ1) is 14.7. The highest BCUT2D eigenvalue weighted by molar-refractivity contribution is 5.84. The number of nitrogens with one attached hydrogen (secondary N) is 2. The molecule has 3 aromatic rings. The number of carbonyl (C=O) groups excluding carboxylic acids is 2. The number of rotatable bonds is 7. The van der Waals surface area contributed by atoms with Crippen molar-refractivity contribution in [2.24, 2.45) is 0 Å². The normalized spacial score (nSPS) is 14.7. The van der Waals surface area contributed by atoms with Gasteiger partial charge in [0.25, 0.3) is 0 Å². The Balaban J connectivity index is 1.18. The number of hydrogen-bond donors (Lipinski definition) is 2. The van der Waals surface area contributed by atoms with Crippen molar-refractivity contribution in [3.63, 3.8) is 0 Å². The summed E-state index contributed by atoms with van der Waals surface area (Å²) in [6.07, 6.45) is 6.21. The number of amides is 2. The summed E-state index contributed by atoms with van der Waals surface area (Å²) in [5.41, 5.74) is 3.49. The highest BCUT2D eigenvalue weighted by atomic mass is 16.2. The number of para-hydroxylation sites is 1. The molecule has 1 aliphatic heterocycles. The summed E-state index contributed by atoms with van der Waals surface area (Å²) < 4.78 is 0. The highest BCUT2D eigenvalue weighted by Gasteiger charge is 2.23. The Labute approximate surface area is 177 Å². The number of aromatic amines is 1. The zero-order valence-electron chi connectivity index (χ0n) is 17.3. The number of aromatic nitrogens is 1. The molecule has 5 nitrogen and oxygen atoms in total. The molecule has 5 heteroatoms. The van der Waals surface area contributed by atoms with Crippen LogP contribution in [0.25, 0.3) is 10.9 Å². The Morgan fingerprint density at radius 2 is 1.67 bits per heavy atom. The third-order valence-corrected chi connectivity index (χ3v) is 5.98. The molecule has 30 heavy (non-hydrogen) atoms. The van der Waals surface area contributed by atoms with Crippen LogP contribution in [-0.4, -0.2) is 40.8 Å². The maximum Gasteiger partial charge on any atom is 0.222 e. The van der Waals surface area contributed by atoms with E-state index in [9.17, 15) is 9.59 Å². The van der Waals surface area contributed by atoms with E-state index in [0.29, 0.717) is 12.8 Å². The lowest BCUT2D eigenvalue weighted by atomic mass is 10.0. The summed E-state index contributed by atoms with van der Waals surface area (Å²) in [6, 6.07) is 18.4. The first kappa shape index (κ1) is 20.2. The Morgan fingerprint density at radius 3 is 2.47 bits per heavy atom. The van der Waals surface area contributed by atoms with Crippen molar-refractivity contribution in [3.8, 4) is 0 Å². The number of benzene rings is 2. The van der Waals surface area contributed by atoms with Crippen molar-refractivity contribution >= 4 is 22.7 Å². The van der Waals surface area contributed by atoms with Crippen molar-refractivity contribution in [1.82, 2.24) is 15.2 Å². The van der Waals surface area contributed by atoms with Crippen LogP contribution in [0.15, 0.2) is 60.8 Å². The summed E-state index contributed by atoms with van der Waals surface area (Å²) in [4.78, 5) is 30.1. The van der Waals surface area contributed by atoms with E-state index in [-0.39, 0.29) is 17.9 Å². The van der Waals surface area contributed by atoms with Crippen LogP contribution in [0, 0.1) is 0 Å². The second kappa shape index (κ2) is 9.61. The number of H-pyrrole nitrogens is 1. The van der Waals surface area contributed by atoms with E-state index in [1.807, 2.05) is 53.6 Å². The van der Waals surface area contributed by atoms with Crippen molar-refractivity contribution in [3.05, 3.63) is 71.9 Å². The average molecular weight is 404 g/mol. The number of hydrogen-bond acceptors (Lipinski definition) is 2. The van der Waals surface area contributed by atoms with Crippen molar-refractivity contribution in [1.29, 1.82) is 0 Å². The lowest BCUT2D eigenvalue weighted by Crippen LogP contribution is -2.46. The Morgan fingerprint density at radius 1 is 0.933 bits per heavy atom. The van der Waals surface area contributed by atoms with Crippen LogP contribution in [0.4, 0.5) is 0 Å². The molecule has 0 radical (unpaired) electrons. The van der Waals surface area contributed by atoms with E-state index in [2.05, 4.69) is 22.4 Å². The van der Waals surface area contributed by atoms with E-state index < -0.39 is 0 Å². The van der Waals surface area contributed by atoms with Gasteiger partial charge in [0.05, 0.1) is 0 Å². The number of carbonyl (C=O) groups is 2. The first-order valence-corrected chi connectivity index (χ1v) is 10.8.